The molecule has 1 aliphatic heterocycles. The van der Waals surface area contributed by atoms with Crippen molar-refractivity contribution >= 4 is 10.9 Å². The number of benzene rings is 1. The van der Waals surface area contributed by atoms with E-state index in [2.05, 4.69) is 39.1 Å². The van der Waals surface area contributed by atoms with Gasteiger partial charge in [-0.3, -0.25) is 14.7 Å². The summed E-state index contributed by atoms with van der Waals surface area (Å²) >= 11 is 0. The highest BCUT2D eigenvalue weighted by molar-refractivity contribution is 5.79. The third kappa shape index (κ3) is 2.78. The molecule has 0 amide bonds. The van der Waals surface area contributed by atoms with Gasteiger partial charge in [0.05, 0.1) is 0 Å². The van der Waals surface area contributed by atoms with Crippen LogP contribution in [0.1, 0.15) is 22.6 Å². The van der Waals surface area contributed by atoms with E-state index in [-0.39, 0.29) is 5.56 Å². The number of fused-ring (bicyclic) bond motifs is 1. The molecule has 0 spiro atoms. The highest BCUT2D eigenvalue weighted by atomic mass is 16.1. The summed E-state index contributed by atoms with van der Waals surface area (Å²) in [6, 6.07) is 12.3. The lowest BCUT2D eigenvalue weighted by Gasteiger charge is -2.39. The first kappa shape index (κ1) is 14.2. The predicted octanol–water partition coefficient (Wildman–Crippen LogP) is 2.83. The zero-order valence-corrected chi connectivity index (χ0v) is 13.1. The number of nitrogens with one attached hydrogen (secondary N) is 1. The van der Waals surface area contributed by atoms with Crippen molar-refractivity contribution in [3.63, 3.8) is 0 Å². The van der Waals surface area contributed by atoms with Crippen molar-refractivity contribution in [2.24, 2.45) is 0 Å². The van der Waals surface area contributed by atoms with Crippen LogP contribution in [0.5, 0.6) is 0 Å². The Morgan fingerprint density at radius 2 is 1.96 bits per heavy atom. The summed E-state index contributed by atoms with van der Waals surface area (Å²) < 4.78 is 0. The van der Waals surface area contributed by atoms with Crippen molar-refractivity contribution in [1.29, 1.82) is 0 Å². The van der Waals surface area contributed by atoms with Crippen molar-refractivity contribution in [2.75, 3.05) is 13.1 Å². The van der Waals surface area contributed by atoms with Crippen LogP contribution in [-0.2, 0) is 6.54 Å². The highest BCUT2D eigenvalue weighted by Crippen LogP contribution is 2.27. The Morgan fingerprint density at radius 1 is 1.17 bits per heavy atom. The average Bonchev–Trinajstić information content (AvgIpc) is 2.51. The lowest BCUT2D eigenvalue weighted by Crippen LogP contribution is -2.45. The first-order valence-corrected chi connectivity index (χ1v) is 7.94. The molecule has 1 N–H and O–H groups in total. The minimum atomic E-state index is 0.0236. The average molecular weight is 305 g/mol. The maximum absolute atomic E-state index is 12.3. The van der Waals surface area contributed by atoms with Crippen LogP contribution in [0.25, 0.3) is 10.9 Å². The Balaban J connectivity index is 1.50. The van der Waals surface area contributed by atoms with Crippen LogP contribution in [0.4, 0.5) is 0 Å². The molecule has 0 bridgehead atoms. The second kappa shape index (κ2) is 5.63. The molecule has 0 aliphatic carbocycles. The van der Waals surface area contributed by atoms with Crippen molar-refractivity contribution < 1.29 is 0 Å². The molecule has 0 saturated carbocycles. The third-order valence-electron chi connectivity index (χ3n) is 4.61. The van der Waals surface area contributed by atoms with Gasteiger partial charge in [-0.2, -0.15) is 0 Å². The van der Waals surface area contributed by atoms with Gasteiger partial charge in [0, 0.05) is 49.0 Å². The highest BCUT2D eigenvalue weighted by Gasteiger charge is 2.28. The van der Waals surface area contributed by atoms with E-state index in [4.69, 9.17) is 0 Å². The zero-order valence-electron chi connectivity index (χ0n) is 13.1. The smallest absolute Gasteiger partial charge is 0.252 e. The van der Waals surface area contributed by atoms with E-state index >= 15 is 0 Å². The molecule has 3 heterocycles. The van der Waals surface area contributed by atoms with Gasteiger partial charge in [-0.1, -0.05) is 12.1 Å². The lowest BCUT2D eigenvalue weighted by atomic mass is 9.92. The standard InChI is InChI=1S/C19H19N3O/c1-13-2-3-15-9-16(19(23)21-18(15)8-13)10-22-11-17(12-22)14-4-6-20-7-5-14/h2-9,17H,10-12H2,1H3,(H,21,23). The van der Waals surface area contributed by atoms with E-state index in [1.54, 1.807) is 0 Å². The molecule has 1 saturated heterocycles. The number of pyridine rings is 2. The summed E-state index contributed by atoms with van der Waals surface area (Å²) in [4.78, 5) is 21.7. The molecular formula is C19H19N3O. The molecule has 4 rings (SSSR count). The van der Waals surface area contributed by atoms with Gasteiger partial charge >= 0.3 is 0 Å². The largest absolute Gasteiger partial charge is 0.322 e. The summed E-state index contributed by atoms with van der Waals surface area (Å²) in [6.45, 7) is 4.73. The van der Waals surface area contributed by atoms with E-state index in [1.165, 1.54) is 5.56 Å². The van der Waals surface area contributed by atoms with Gasteiger partial charge in [0.2, 0.25) is 0 Å². The molecule has 0 atom stereocenters. The summed E-state index contributed by atoms with van der Waals surface area (Å²) in [5.41, 5.74) is 4.27. The van der Waals surface area contributed by atoms with Crippen LogP contribution in [-0.4, -0.2) is 28.0 Å². The molecule has 1 fully saturated rings. The van der Waals surface area contributed by atoms with E-state index < -0.39 is 0 Å². The molecular weight excluding hydrogens is 286 g/mol. The monoisotopic (exact) mass is 305 g/mol. The maximum atomic E-state index is 12.3. The van der Waals surface area contributed by atoms with Crippen molar-refractivity contribution in [1.82, 2.24) is 14.9 Å². The van der Waals surface area contributed by atoms with E-state index in [0.717, 1.165) is 35.1 Å². The summed E-state index contributed by atoms with van der Waals surface area (Å²) in [5, 5.41) is 1.09. The topological polar surface area (TPSA) is 49.0 Å². The Labute approximate surface area is 134 Å². The number of nitrogens with zero attached hydrogens (tertiary/aromatic N) is 2. The molecule has 0 radical (unpaired) electrons. The van der Waals surface area contributed by atoms with Crippen LogP contribution in [0.2, 0.25) is 0 Å². The second-order valence-corrected chi connectivity index (χ2v) is 6.39. The quantitative estimate of drug-likeness (QED) is 0.809. The Kier molecular flexibility index (Phi) is 3.46. The summed E-state index contributed by atoms with van der Waals surface area (Å²) in [6.07, 6.45) is 3.68. The van der Waals surface area contributed by atoms with Crippen LogP contribution < -0.4 is 5.56 Å². The minimum absolute atomic E-state index is 0.0236. The normalized spacial score (nSPS) is 15.7. The molecule has 2 aromatic heterocycles. The van der Waals surface area contributed by atoms with Gasteiger partial charge < -0.3 is 4.98 Å². The molecule has 23 heavy (non-hydrogen) atoms. The molecule has 116 valence electrons. The lowest BCUT2D eigenvalue weighted by molar-refractivity contribution is 0.139. The van der Waals surface area contributed by atoms with E-state index in [1.807, 2.05) is 31.5 Å². The van der Waals surface area contributed by atoms with Crippen molar-refractivity contribution in [2.45, 2.75) is 19.4 Å². The fraction of sp³-hybridized carbons (Fsp3) is 0.263. The van der Waals surface area contributed by atoms with Crippen molar-refractivity contribution in [3.8, 4) is 0 Å². The molecule has 1 aromatic carbocycles. The number of hydrogen-bond acceptors (Lipinski definition) is 3. The molecule has 1 aliphatic rings. The Bertz CT molecular complexity index is 895. The van der Waals surface area contributed by atoms with Crippen LogP contribution >= 0.6 is 0 Å². The van der Waals surface area contributed by atoms with E-state index in [0.29, 0.717) is 12.5 Å². The van der Waals surface area contributed by atoms with Gasteiger partial charge in [-0.05, 0) is 47.7 Å². The van der Waals surface area contributed by atoms with Crippen LogP contribution in [0.15, 0.2) is 53.6 Å². The van der Waals surface area contributed by atoms with Gasteiger partial charge in [0.25, 0.3) is 5.56 Å². The number of likely N-dealkylation sites (tertiary alicyclic amines) is 1. The SMILES string of the molecule is Cc1ccc2cc(CN3CC(c4ccncc4)C3)c(=O)[nH]c2c1. The zero-order chi connectivity index (χ0) is 15.8. The van der Waals surface area contributed by atoms with Gasteiger partial charge in [0.1, 0.15) is 0 Å². The molecule has 3 aromatic rings. The maximum Gasteiger partial charge on any atom is 0.252 e. The first-order chi connectivity index (χ1) is 11.2. The number of aromatic nitrogens is 2. The Morgan fingerprint density at radius 3 is 2.74 bits per heavy atom. The van der Waals surface area contributed by atoms with Gasteiger partial charge in [-0.15, -0.1) is 0 Å². The van der Waals surface area contributed by atoms with Crippen LogP contribution in [0.3, 0.4) is 0 Å². The molecule has 4 nitrogen and oxygen atoms in total. The molecule has 4 heteroatoms. The van der Waals surface area contributed by atoms with Crippen LogP contribution in [0, 0.1) is 6.92 Å². The third-order valence-corrected chi connectivity index (χ3v) is 4.61. The fourth-order valence-electron chi connectivity index (χ4n) is 3.26. The summed E-state index contributed by atoms with van der Waals surface area (Å²) in [7, 11) is 0. The van der Waals surface area contributed by atoms with Gasteiger partial charge in [-0.25, -0.2) is 0 Å². The number of H-pyrrole nitrogens is 1. The Hall–Kier alpha value is -2.46. The molecule has 0 unspecified atom stereocenters. The first-order valence-electron chi connectivity index (χ1n) is 7.94. The fourth-order valence-corrected chi connectivity index (χ4v) is 3.26. The van der Waals surface area contributed by atoms with E-state index in [9.17, 15) is 4.79 Å². The predicted molar refractivity (Wildman–Crippen MR) is 91.6 cm³/mol. The van der Waals surface area contributed by atoms with Crippen molar-refractivity contribution in [3.05, 3.63) is 75.8 Å². The number of rotatable bonds is 3. The number of hydrogen-bond donors (Lipinski definition) is 1. The van der Waals surface area contributed by atoms with Gasteiger partial charge in [0.15, 0.2) is 0 Å². The number of aromatic amines is 1. The summed E-state index contributed by atoms with van der Waals surface area (Å²) in [5.74, 6) is 0.556. The second-order valence-electron chi connectivity index (χ2n) is 6.39. The minimum Gasteiger partial charge on any atom is -0.322 e. The number of aryl methyl sites for hydroxylation is 1.